The third kappa shape index (κ3) is 3.21. The Bertz CT molecular complexity index is 1010. The molecule has 0 radical (unpaired) electrons. The van der Waals surface area contributed by atoms with Crippen molar-refractivity contribution >= 4 is 17.7 Å². The lowest BCUT2D eigenvalue weighted by Crippen LogP contribution is -2.41. The number of nitriles is 1. The Morgan fingerprint density at radius 3 is 2.50 bits per heavy atom. The Labute approximate surface area is 162 Å². The molecule has 7 nitrogen and oxygen atoms in total. The minimum atomic E-state index is -1.30. The van der Waals surface area contributed by atoms with Crippen LogP contribution >= 0.6 is 0 Å². The Hall–Kier alpha value is -3.66. The number of carbonyl (C=O) groups is 3. The van der Waals surface area contributed by atoms with Crippen LogP contribution in [0.25, 0.3) is 0 Å². The molecule has 0 aromatic heterocycles. The zero-order valence-corrected chi connectivity index (χ0v) is 15.8. The molecule has 7 heteroatoms. The van der Waals surface area contributed by atoms with Crippen LogP contribution in [0, 0.1) is 18.3 Å². The number of ether oxygens (including phenoxy) is 1. The van der Waals surface area contributed by atoms with E-state index in [-0.39, 0.29) is 0 Å². The summed E-state index contributed by atoms with van der Waals surface area (Å²) in [6, 6.07) is 12.9. The Kier molecular flexibility index (Phi) is 4.89. The van der Waals surface area contributed by atoms with Gasteiger partial charge in [-0.25, -0.2) is 4.79 Å². The number of nitrogens with one attached hydrogen (secondary N) is 1. The highest BCUT2D eigenvalue weighted by molar-refractivity contribution is 6.11. The fraction of sp³-hybridized carbons (Fsp3) is 0.238. The van der Waals surface area contributed by atoms with Crippen molar-refractivity contribution in [3.8, 4) is 11.8 Å². The Morgan fingerprint density at radius 1 is 1.21 bits per heavy atom. The number of imide groups is 1. The van der Waals surface area contributed by atoms with Gasteiger partial charge in [-0.15, -0.1) is 0 Å². The van der Waals surface area contributed by atoms with Gasteiger partial charge in [-0.2, -0.15) is 5.26 Å². The van der Waals surface area contributed by atoms with Gasteiger partial charge in [-0.05, 0) is 43.7 Å². The molecule has 1 atom stereocenters. The molecule has 1 N–H and O–H groups in total. The van der Waals surface area contributed by atoms with Gasteiger partial charge in [-0.1, -0.05) is 23.8 Å². The van der Waals surface area contributed by atoms with Crippen LogP contribution in [-0.2, 0) is 10.3 Å². The van der Waals surface area contributed by atoms with Crippen molar-refractivity contribution < 1.29 is 19.1 Å². The first kappa shape index (κ1) is 19.1. The van der Waals surface area contributed by atoms with E-state index >= 15 is 0 Å². The van der Waals surface area contributed by atoms with E-state index in [0.717, 1.165) is 10.5 Å². The summed E-state index contributed by atoms with van der Waals surface area (Å²) in [6.07, 6.45) is 0. The predicted molar refractivity (Wildman–Crippen MR) is 101 cm³/mol. The van der Waals surface area contributed by atoms with Crippen LogP contribution in [-0.4, -0.2) is 36.3 Å². The number of hydrogen-bond acceptors (Lipinski definition) is 5. The van der Waals surface area contributed by atoms with E-state index in [0.29, 0.717) is 22.4 Å². The summed E-state index contributed by atoms with van der Waals surface area (Å²) in [4.78, 5) is 39.1. The van der Waals surface area contributed by atoms with Crippen molar-refractivity contribution in [3.63, 3.8) is 0 Å². The van der Waals surface area contributed by atoms with Crippen LogP contribution in [0.15, 0.2) is 42.5 Å². The number of carbonyl (C=O) groups excluding carboxylic acids is 3. The predicted octanol–water partition coefficient (Wildman–Crippen LogP) is 2.53. The third-order valence-electron chi connectivity index (χ3n) is 4.82. The lowest BCUT2D eigenvalue weighted by molar-refractivity contribution is -0.130. The number of benzene rings is 2. The number of urea groups is 1. The normalized spacial score (nSPS) is 18.6. The second kappa shape index (κ2) is 7.16. The number of Topliss-reactive ketones (excluding diaryl/α,β-unsaturated/α-hetero) is 1. The molecule has 3 amide bonds. The van der Waals surface area contributed by atoms with Crippen LogP contribution in [0.1, 0.15) is 34.0 Å². The molecule has 1 aliphatic heterocycles. The first-order valence-electron chi connectivity index (χ1n) is 8.62. The first-order chi connectivity index (χ1) is 13.3. The third-order valence-corrected chi connectivity index (χ3v) is 4.82. The van der Waals surface area contributed by atoms with E-state index in [1.165, 1.54) is 7.11 Å². The molecule has 0 spiro atoms. The SMILES string of the molecule is COc1ccc(C)cc1C(=O)CN1C(=O)NC(C)(c2ccc(C#N)cc2)C1=O. The second-order valence-corrected chi connectivity index (χ2v) is 6.76. The molecule has 2 aromatic rings. The summed E-state index contributed by atoms with van der Waals surface area (Å²) < 4.78 is 5.22. The lowest BCUT2D eigenvalue weighted by atomic mass is 9.91. The average molecular weight is 377 g/mol. The molecule has 1 fully saturated rings. The van der Waals surface area contributed by atoms with Gasteiger partial charge >= 0.3 is 6.03 Å². The van der Waals surface area contributed by atoms with Gasteiger partial charge in [0.2, 0.25) is 0 Å². The van der Waals surface area contributed by atoms with E-state index in [2.05, 4.69) is 5.32 Å². The molecule has 142 valence electrons. The van der Waals surface area contributed by atoms with Crippen molar-refractivity contribution in [1.82, 2.24) is 10.2 Å². The van der Waals surface area contributed by atoms with Crippen molar-refractivity contribution in [2.45, 2.75) is 19.4 Å². The zero-order valence-electron chi connectivity index (χ0n) is 15.8. The summed E-state index contributed by atoms with van der Waals surface area (Å²) in [5, 5.41) is 11.6. The van der Waals surface area contributed by atoms with E-state index in [1.54, 1.807) is 43.3 Å². The molecular formula is C21H19N3O4. The highest BCUT2D eigenvalue weighted by Gasteiger charge is 2.49. The monoisotopic (exact) mass is 377 g/mol. The molecule has 1 saturated heterocycles. The van der Waals surface area contributed by atoms with Gasteiger partial charge in [0.25, 0.3) is 5.91 Å². The summed E-state index contributed by atoms with van der Waals surface area (Å²) >= 11 is 0. The molecule has 0 aliphatic carbocycles. The standard InChI is InChI=1S/C21H19N3O4/c1-13-4-9-18(28-3)16(10-13)17(25)12-24-19(26)21(2,23-20(24)27)15-7-5-14(11-22)6-8-15/h4-10H,12H2,1-3H3,(H,23,27). The maximum Gasteiger partial charge on any atom is 0.325 e. The van der Waals surface area contributed by atoms with Crippen molar-refractivity contribution in [1.29, 1.82) is 5.26 Å². The number of rotatable bonds is 5. The van der Waals surface area contributed by atoms with E-state index in [4.69, 9.17) is 10.00 Å². The van der Waals surface area contributed by atoms with Gasteiger partial charge in [0, 0.05) is 0 Å². The molecule has 1 unspecified atom stereocenters. The molecule has 2 aromatic carbocycles. The lowest BCUT2D eigenvalue weighted by Gasteiger charge is -2.22. The summed E-state index contributed by atoms with van der Waals surface area (Å²) in [7, 11) is 1.46. The Morgan fingerprint density at radius 2 is 1.89 bits per heavy atom. The average Bonchev–Trinajstić information content (AvgIpc) is 2.92. The smallest absolute Gasteiger partial charge is 0.325 e. The highest BCUT2D eigenvalue weighted by Crippen LogP contribution is 2.30. The second-order valence-electron chi connectivity index (χ2n) is 6.76. The van der Waals surface area contributed by atoms with Crippen molar-refractivity contribution in [3.05, 3.63) is 64.7 Å². The van der Waals surface area contributed by atoms with Gasteiger partial charge in [0.15, 0.2) is 5.78 Å². The van der Waals surface area contributed by atoms with Crippen molar-refractivity contribution in [2.75, 3.05) is 13.7 Å². The van der Waals surface area contributed by atoms with Crippen LogP contribution in [0.5, 0.6) is 5.75 Å². The fourth-order valence-corrected chi connectivity index (χ4v) is 3.18. The van der Waals surface area contributed by atoms with Crippen LogP contribution in [0.2, 0.25) is 0 Å². The van der Waals surface area contributed by atoms with Crippen LogP contribution in [0.3, 0.4) is 0 Å². The van der Waals surface area contributed by atoms with Gasteiger partial charge in [0.1, 0.15) is 11.3 Å². The summed E-state index contributed by atoms with van der Waals surface area (Å²) in [6.45, 7) is 3.02. The van der Waals surface area contributed by atoms with Gasteiger partial charge < -0.3 is 10.1 Å². The molecule has 28 heavy (non-hydrogen) atoms. The van der Waals surface area contributed by atoms with E-state index < -0.39 is 29.8 Å². The highest BCUT2D eigenvalue weighted by atomic mass is 16.5. The molecule has 1 aliphatic rings. The minimum Gasteiger partial charge on any atom is -0.496 e. The van der Waals surface area contributed by atoms with E-state index in [1.807, 2.05) is 19.1 Å². The molecule has 0 bridgehead atoms. The number of aryl methyl sites for hydroxylation is 1. The summed E-state index contributed by atoms with van der Waals surface area (Å²) in [5.74, 6) is -0.534. The van der Waals surface area contributed by atoms with Gasteiger partial charge in [0.05, 0.1) is 30.9 Å². The quantitative estimate of drug-likeness (QED) is 0.638. The fourth-order valence-electron chi connectivity index (χ4n) is 3.18. The van der Waals surface area contributed by atoms with E-state index in [9.17, 15) is 14.4 Å². The molecular weight excluding hydrogens is 358 g/mol. The Balaban J connectivity index is 1.87. The van der Waals surface area contributed by atoms with Crippen LogP contribution in [0.4, 0.5) is 4.79 Å². The van der Waals surface area contributed by atoms with Crippen LogP contribution < -0.4 is 10.1 Å². The summed E-state index contributed by atoms with van der Waals surface area (Å²) in [5.41, 5.74) is 0.858. The number of ketones is 1. The van der Waals surface area contributed by atoms with Gasteiger partial charge in [-0.3, -0.25) is 14.5 Å². The minimum absolute atomic E-state index is 0.315. The largest absolute Gasteiger partial charge is 0.496 e. The number of amides is 3. The molecule has 3 rings (SSSR count). The number of nitrogens with zero attached hydrogens (tertiary/aromatic N) is 2. The topological polar surface area (TPSA) is 99.5 Å². The first-order valence-corrected chi connectivity index (χ1v) is 8.62. The van der Waals surface area contributed by atoms with Crippen molar-refractivity contribution in [2.24, 2.45) is 0 Å². The zero-order chi connectivity index (χ0) is 20.5. The number of hydrogen-bond donors (Lipinski definition) is 1. The number of methoxy groups -OCH3 is 1. The molecule has 0 saturated carbocycles. The maximum atomic E-state index is 13.0. The maximum absolute atomic E-state index is 13.0. The molecule has 1 heterocycles.